The van der Waals surface area contributed by atoms with Gasteiger partial charge in [-0.3, -0.25) is 0 Å². The zero-order valence-corrected chi connectivity index (χ0v) is 17.9. The van der Waals surface area contributed by atoms with Crippen molar-refractivity contribution in [2.24, 2.45) is 0 Å². The molecule has 1 aliphatic carbocycles. The summed E-state index contributed by atoms with van der Waals surface area (Å²) in [6.45, 7) is 5.09. The van der Waals surface area contributed by atoms with Crippen LogP contribution in [0.15, 0.2) is 54.6 Å². The van der Waals surface area contributed by atoms with Crippen molar-refractivity contribution in [2.45, 2.75) is 44.3 Å². The van der Waals surface area contributed by atoms with E-state index in [1.807, 2.05) is 16.8 Å². The van der Waals surface area contributed by atoms with Crippen LogP contribution in [0.4, 0.5) is 4.39 Å². The monoisotopic (exact) mass is 422 g/mol. The summed E-state index contributed by atoms with van der Waals surface area (Å²) in [6, 6.07) is 18.0. The number of hydrogen-bond donors (Lipinski definition) is 2. The van der Waals surface area contributed by atoms with Gasteiger partial charge in [-0.15, -0.1) is 5.10 Å². The number of tetrazole rings is 1. The molecule has 7 heteroatoms. The van der Waals surface area contributed by atoms with Crippen molar-refractivity contribution in [3.8, 4) is 0 Å². The summed E-state index contributed by atoms with van der Waals surface area (Å²) in [5.74, 6) is 0.651. The molecule has 0 spiro atoms. The Bertz CT molecular complexity index is 976. The second-order valence-corrected chi connectivity index (χ2v) is 8.95. The molecule has 31 heavy (non-hydrogen) atoms. The van der Waals surface area contributed by atoms with E-state index in [4.69, 9.17) is 0 Å². The highest BCUT2D eigenvalue weighted by Crippen LogP contribution is 2.31. The van der Waals surface area contributed by atoms with Crippen LogP contribution in [0.5, 0.6) is 0 Å². The first-order valence-corrected chi connectivity index (χ1v) is 11.5. The van der Waals surface area contributed by atoms with Gasteiger partial charge in [-0.1, -0.05) is 55.3 Å². The predicted octanol–water partition coefficient (Wildman–Crippen LogP) is 1.00. The standard InChI is InChI=1S/C24H29FN6/c25-22-13-7-6-12-21(22)23(24-26-27-28-31(24)20-10-4-5-11-20)30-16-14-29(15-17-30)18-19-8-2-1-3-9-19/h1-3,6-9,12-13,20,23H,4-5,10-11,14-18H2/p+2/t23-/m0/s1. The second-order valence-electron chi connectivity index (χ2n) is 8.95. The summed E-state index contributed by atoms with van der Waals surface area (Å²) in [5, 5.41) is 12.8. The van der Waals surface area contributed by atoms with Crippen molar-refractivity contribution in [3.63, 3.8) is 0 Å². The van der Waals surface area contributed by atoms with Crippen LogP contribution in [0.25, 0.3) is 0 Å². The Morgan fingerprint density at radius 1 is 0.935 bits per heavy atom. The molecule has 162 valence electrons. The maximum atomic E-state index is 15.0. The SMILES string of the molecule is Fc1ccccc1[C@@H](c1nnnn1C1CCCC1)[NH+]1CC[NH+](Cc2ccccc2)CC1. The molecule has 0 unspecified atom stereocenters. The first-order chi connectivity index (χ1) is 15.3. The molecule has 2 aliphatic rings. The summed E-state index contributed by atoms with van der Waals surface area (Å²) in [5.41, 5.74) is 2.08. The number of aromatic nitrogens is 4. The molecule has 1 atom stereocenters. The average Bonchev–Trinajstić information content (AvgIpc) is 3.49. The van der Waals surface area contributed by atoms with Gasteiger partial charge in [0.15, 0.2) is 6.04 Å². The molecule has 5 rings (SSSR count). The fourth-order valence-corrected chi connectivity index (χ4v) is 5.32. The van der Waals surface area contributed by atoms with Crippen LogP contribution in [0.2, 0.25) is 0 Å². The first-order valence-electron chi connectivity index (χ1n) is 11.5. The molecular formula is C24H31FN6+2. The van der Waals surface area contributed by atoms with Crippen LogP contribution in [0, 0.1) is 5.82 Å². The average molecular weight is 423 g/mol. The van der Waals surface area contributed by atoms with Crippen molar-refractivity contribution in [3.05, 3.63) is 77.4 Å². The Morgan fingerprint density at radius 2 is 1.65 bits per heavy atom. The van der Waals surface area contributed by atoms with Crippen LogP contribution < -0.4 is 9.80 Å². The minimum absolute atomic E-state index is 0.167. The van der Waals surface area contributed by atoms with Crippen LogP contribution in [0.3, 0.4) is 0 Å². The quantitative estimate of drug-likeness (QED) is 0.623. The van der Waals surface area contributed by atoms with Crippen LogP contribution in [-0.4, -0.2) is 46.4 Å². The molecule has 0 amide bonds. The van der Waals surface area contributed by atoms with Gasteiger partial charge in [-0.05, 0) is 35.4 Å². The lowest BCUT2D eigenvalue weighted by molar-refractivity contribution is -1.03. The van der Waals surface area contributed by atoms with E-state index in [1.165, 1.54) is 23.3 Å². The molecule has 1 saturated heterocycles. The van der Waals surface area contributed by atoms with E-state index in [0.29, 0.717) is 11.6 Å². The number of nitrogens with zero attached hydrogens (tertiary/aromatic N) is 4. The van der Waals surface area contributed by atoms with Gasteiger partial charge in [0.05, 0.1) is 11.6 Å². The predicted molar refractivity (Wildman–Crippen MR) is 115 cm³/mol. The van der Waals surface area contributed by atoms with Gasteiger partial charge in [0.1, 0.15) is 38.5 Å². The zero-order chi connectivity index (χ0) is 21.0. The van der Waals surface area contributed by atoms with Crippen molar-refractivity contribution in [1.82, 2.24) is 20.2 Å². The number of piperazine rings is 1. The molecule has 2 heterocycles. The van der Waals surface area contributed by atoms with Gasteiger partial charge in [0.2, 0.25) is 5.82 Å². The Morgan fingerprint density at radius 3 is 2.39 bits per heavy atom. The van der Waals surface area contributed by atoms with E-state index in [9.17, 15) is 4.39 Å². The molecule has 1 aromatic heterocycles. The maximum absolute atomic E-state index is 15.0. The molecule has 2 fully saturated rings. The van der Waals surface area contributed by atoms with Crippen molar-refractivity contribution >= 4 is 0 Å². The minimum atomic E-state index is -0.171. The number of halogens is 1. The second kappa shape index (κ2) is 9.24. The largest absolute Gasteiger partial charge is 0.322 e. The van der Waals surface area contributed by atoms with Gasteiger partial charge in [-0.25, -0.2) is 9.07 Å². The summed E-state index contributed by atoms with van der Waals surface area (Å²) in [7, 11) is 0. The molecular weight excluding hydrogens is 391 g/mol. The van der Waals surface area contributed by atoms with Crippen LogP contribution in [0.1, 0.15) is 54.7 Å². The van der Waals surface area contributed by atoms with Gasteiger partial charge < -0.3 is 9.80 Å². The Hall–Kier alpha value is -2.64. The lowest BCUT2D eigenvalue weighted by Crippen LogP contribution is -3.27. The van der Waals surface area contributed by atoms with Gasteiger partial charge in [0.25, 0.3) is 0 Å². The lowest BCUT2D eigenvalue weighted by atomic mass is 10.0. The van der Waals surface area contributed by atoms with E-state index in [1.54, 1.807) is 17.0 Å². The van der Waals surface area contributed by atoms with E-state index < -0.39 is 0 Å². The fraction of sp³-hybridized carbons (Fsp3) is 0.458. The molecule has 1 aliphatic heterocycles. The number of nitrogens with one attached hydrogen (secondary N) is 2. The molecule has 6 nitrogen and oxygen atoms in total. The highest BCUT2D eigenvalue weighted by molar-refractivity contribution is 5.24. The van der Waals surface area contributed by atoms with E-state index in [0.717, 1.165) is 51.4 Å². The van der Waals surface area contributed by atoms with Crippen molar-refractivity contribution in [1.29, 1.82) is 0 Å². The summed E-state index contributed by atoms with van der Waals surface area (Å²) in [4.78, 5) is 2.94. The first kappa shape index (κ1) is 20.3. The van der Waals surface area contributed by atoms with E-state index >= 15 is 0 Å². The smallest absolute Gasteiger partial charge is 0.214 e. The van der Waals surface area contributed by atoms with Gasteiger partial charge >= 0.3 is 0 Å². The Balaban J connectivity index is 1.39. The Labute approximate surface area is 182 Å². The topological polar surface area (TPSA) is 52.5 Å². The number of hydrogen-bond acceptors (Lipinski definition) is 3. The minimum Gasteiger partial charge on any atom is -0.322 e. The highest BCUT2D eigenvalue weighted by Gasteiger charge is 2.38. The van der Waals surface area contributed by atoms with Crippen LogP contribution in [-0.2, 0) is 6.54 Å². The Kier molecular flexibility index (Phi) is 6.04. The van der Waals surface area contributed by atoms with Crippen LogP contribution >= 0.6 is 0 Å². The molecule has 1 saturated carbocycles. The third-order valence-electron chi connectivity index (χ3n) is 6.97. The summed E-state index contributed by atoms with van der Waals surface area (Å²) in [6.07, 6.45) is 4.63. The number of quaternary nitrogens is 2. The maximum Gasteiger partial charge on any atom is 0.214 e. The normalized spacial score (nSPS) is 23.1. The third-order valence-corrected chi connectivity index (χ3v) is 6.97. The number of benzene rings is 2. The highest BCUT2D eigenvalue weighted by atomic mass is 19.1. The van der Waals surface area contributed by atoms with Gasteiger partial charge in [-0.2, -0.15) is 0 Å². The van der Waals surface area contributed by atoms with E-state index in [2.05, 4.69) is 45.9 Å². The summed E-state index contributed by atoms with van der Waals surface area (Å²) < 4.78 is 17.0. The zero-order valence-electron chi connectivity index (χ0n) is 17.9. The van der Waals surface area contributed by atoms with Crippen molar-refractivity contribution in [2.75, 3.05) is 26.2 Å². The molecule has 3 aromatic rings. The third kappa shape index (κ3) is 4.38. The number of rotatable bonds is 6. The van der Waals surface area contributed by atoms with Gasteiger partial charge in [0, 0.05) is 5.56 Å². The fourth-order valence-electron chi connectivity index (χ4n) is 5.32. The summed E-state index contributed by atoms with van der Waals surface area (Å²) >= 11 is 0. The molecule has 0 radical (unpaired) electrons. The molecule has 2 N–H and O–H groups in total. The van der Waals surface area contributed by atoms with E-state index in [-0.39, 0.29) is 11.9 Å². The molecule has 2 aromatic carbocycles. The van der Waals surface area contributed by atoms with Crippen molar-refractivity contribution < 1.29 is 14.2 Å². The molecule has 0 bridgehead atoms. The lowest BCUT2D eigenvalue weighted by Gasteiger charge is -2.34.